The number of hydrogen-bond acceptors (Lipinski definition) is 9. The van der Waals surface area contributed by atoms with Gasteiger partial charge in [-0.25, -0.2) is 4.57 Å². The minimum Gasteiger partial charge on any atom is -0.480 e. The lowest BCUT2D eigenvalue weighted by Crippen LogP contribution is -2.34. The molecule has 362 valence electrons. The first-order chi connectivity index (χ1) is 29.6. The molecule has 0 aromatic carbocycles. The van der Waals surface area contributed by atoms with E-state index in [0.29, 0.717) is 12.8 Å². The molecule has 0 aliphatic heterocycles. The molecule has 0 rings (SSSR count). The summed E-state index contributed by atoms with van der Waals surface area (Å²) in [5.41, 5.74) is 5.35. The highest BCUT2D eigenvalue weighted by molar-refractivity contribution is 7.47. The summed E-state index contributed by atoms with van der Waals surface area (Å²) in [4.78, 5) is 46.1. The first-order valence-corrected chi connectivity index (χ1v) is 27.1. The Kier molecular flexibility index (Phi) is 43.9. The Bertz CT molecular complexity index is 1050. The number of aliphatic carboxylic acids is 1. The van der Waals surface area contributed by atoms with Crippen LogP contribution in [-0.2, 0) is 37.5 Å². The van der Waals surface area contributed by atoms with Crippen LogP contribution in [0.2, 0.25) is 0 Å². The van der Waals surface area contributed by atoms with Gasteiger partial charge in [-0.15, -0.1) is 0 Å². The summed E-state index contributed by atoms with van der Waals surface area (Å²) in [5.74, 6) is -2.35. The highest BCUT2D eigenvalue weighted by Crippen LogP contribution is 2.43. The maximum atomic E-state index is 12.7. The van der Waals surface area contributed by atoms with Crippen molar-refractivity contribution < 1.29 is 47.5 Å². The van der Waals surface area contributed by atoms with Crippen LogP contribution in [0.3, 0.4) is 0 Å². The van der Waals surface area contributed by atoms with Gasteiger partial charge in [-0.2, -0.15) is 0 Å². The number of unbranched alkanes of at least 4 members (excludes halogenated alkanes) is 35. The molecule has 0 aromatic heterocycles. The van der Waals surface area contributed by atoms with Crippen LogP contribution < -0.4 is 5.73 Å². The number of phosphoric ester groups is 1. The summed E-state index contributed by atoms with van der Waals surface area (Å²) < 4.78 is 32.8. The van der Waals surface area contributed by atoms with Crippen molar-refractivity contribution in [2.45, 2.75) is 276 Å². The molecule has 0 fully saturated rings. The van der Waals surface area contributed by atoms with Gasteiger partial charge in [-0.3, -0.25) is 23.4 Å². The number of rotatable bonds is 49. The van der Waals surface area contributed by atoms with E-state index in [2.05, 4.69) is 18.4 Å². The van der Waals surface area contributed by atoms with E-state index in [9.17, 15) is 23.8 Å². The van der Waals surface area contributed by atoms with E-state index in [1.54, 1.807) is 0 Å². The van der Waals surface area contributed by atoms with Crippen molar-refractivity contribution >= 4 is 25.7 Å². The number of ether oxygens (including phenoxy) is 2. The van der Waals surface area contributed by atoms with Gasteiger partial charge in [0.15, 0.2) is 6.10 Å². The Morgan fingerprint density at radius 3 is 1.03 bits per heavy atom. The topological polar surface area (TPSA) is 172 Å². The standard InChI is InChI=1S/C49H96NO10P/c1-3-5-7-9-11-13-15-17-19-21-22-23-24-25-27-28-30-32-34-36-38-40-47(51)57-42-45(43-58-61(55,56)59-44-46(50)49(53)54)60-48(52)41-39-37-35-33-31-29-26-20-18-16-14-12-10-8-6-4-2/h45-46H,3-44,50H2,1-2H3,(H,53,54)(H,55,56)/t45-,46-/m0/s1. The fourth-order valence-electron chi connectivity index (χ4n) is 7.60. The lowest BCUT2D eigenvalue weighted by Gasteiger charge is -2.20. The average molecular weight is 890 g/mol. The van der Waals surface area contributed by atoms with Gasteiger partial charge in [0.05, 0.1) is 13.2 Å². The molecule has 61 heavy (non-hydrogen) atoms. The van der Waals surface area contributed by atoms with Crippen molar-refractivity contribution in [2.24, 2.45) is 5.73 Å². The third kappa shape index (κ3) is 44.9. The van der Waals surface area contributed by atoms with Crippen LogP contribution >= 0.6 is 7.82 Å². The third-order valence-corrected chi connectivity index (χ3v) is 12.6. The van der Waals surface area contributed by atoms with E-state index in [1.165, 1.54) is 186 Å². The summed E-state index contributed by atoms with van der Waals surface area (Å²) >= 11 is 0. The molecule has 0 aromatic rings. The van der Waals surface area contributed by atoms with Gasteiger partial charge in [-0.05, 0) is 12.8 Å². The number of hydrogen-bond donors (Lipinski definition) is 3. The van der Waals surface area contributed by atoms with Crippen molar-refractivity contribution in [3.63, 3.8) is 0 Å². The zero-order valence-electron chi connectivity index (χ0n) is 39.5. The molecule has 12 heteroatoms. The molecule has 0 aliphatic carbocycles. The lowest BCUT2D eigenvalue weighted by atomic mass is 10.0. The average Bonchev–Trinajstić information content (AvgIpc) is 3.24. The number of carbonyl (C=O) groups is 3. The molecule has 0 bridgehead atoms. The molecular formula is C49H96NO10P. The number of nitrogens with two attached hydrogens (primary N) is 1. The molecule has 0 amide bonds. The predicted octanol–water partition coefficient (Wildman–Crippen LogP) is 14.2. The molecule has 0 saturated heterocycles. The van der Waals surface area contributed by atoms with Crippen LogP contribution in [0.5, 0.6) is 0 Å². The number of phosphoric acid groups is 1. The fourth-order valence-corrected chi connectivity index (χ4v) is 8.38. The van der Waals surface area contributed by atoms with Crippen LogP contribution in [0.15, 0.2) is 0 Å². The smallest absolute Gasteiger partial charge is 0.472 e. The molecule has 4 N–H and O–H groups in total. The maximum Gasteiger partial charge on any atom is 0.472 e. The SMILES string of the molecule is CCCCCCCCCCCCCCCCCCCCCCCC(=O)OC[C@@H](COP(=O)(O)OC[C@H](N)C(=O)O)OC(=O)CCCCCCCCCCCCCCCCCC. The molecule has 0 spiro atoms. The first-order valence-electron chi connectivity index (χ1n) is 25.6. The zero-order valence-corrected chi connectivity index (χ0v) is 40.4. The number of carboxylic acid groups (broad SMARTS) is 1. The second kappa shape index (κ2) is 45.1. The summed E-state index contributed by atoms with van der Waals surface area (Å²) in [6, 6.07) is -1.52. The summed E-state index contributed by atoms with van der Waals surface area (Å²) in [7, 11) is -4.71. The molecule has 0 heterocycles. The number of carboxylic acids is 1. The van der Waals surface area contributed by atoms with E-state index >= 15 is 0 Å². The number of esters is 2. The van der Waals surface area contributed by atoms with Crippen molar-refractivity contribution in [2.75, 3.05) is 19.8 Å². The largest absolute Gasteiger partial charge is 0.480 e. The monoisotopic (exact) mass is 890 g/mol. The highest BCUT2D eigenvalue weighted by Gasteiger charge is 2.28. The maximum absolute atomic E-state index is 12.7. The van der Waals surface area contributed by atoms with E-state index in [-0.39, 0.29) is 19.4 Å². The lowest BCUT2D eigenvalue weighted by molar-refractivity contribution is -0.161. The Balaban J connectivity index is 4.18. The van der Waals surface area contributed by atoms with Crippen molar-refractivity contribution in [1.82, 2.24) is 0 Å². The van der Waals surface area contributed by atoms with Crippen molar-refractivity contribution in [3.05, 3.63) is 0 Å². The molecular weight excluding hydrogens is 794 g/mol. The van der Waals surface area contributed by atoms with Gasteiger partial charge in [0.25, 0.3) is 0 Å². The second-order valence-corrected chi connectivity index (χ2v) is 19.1. The van der Waals surface area contributed by atoms with E-state index in [1.807, 2.05) is 0 Å². The van der Waals surface area contributed by atoms with Gasteiger partial charge < -0.3 is 25.2 Å². The third-order valence-electron chi connectivity index (χ3n) is 11.6. The van der Waals surface area contributed by atoms with E-state index in [0.717, 1.165) is 38.5 Å². The van der Waals surface area contributed by atoms with Gasteiger partial charge >= 0.3 is 25.7 Å². The van der Waals surface area contributed by atoms with Crippen molar-refractivity contribution in [3.8, 4) is 0 Å². The highest BCUT2D eigenvalue weighted by atomic mass is 31.2. The van der Waals surface area contributed by atoms with Crippen LogP contribution in [0.1, 0.15) is 264 Å². The zero-order chi connectivity index (χ0) is 44.9. The van der Waals surface area contributed by atoms with Gasteiger partial charge in [0.1, 0.15) is 12.6 Å². The molecule has 0 aliphatic rings. The second-order valence-electron chi connectivity index (χ2n) is 17.7. The van der Waals surface area contributed by atoms with Crippen LogP contribution in [0, 0.1) is 0 Å². The van der Waals surface area contributed by atoms with Crippen LogP contribution in [0.4, 0.5) is 0 Å². The predicted molar refractivity (Wildman–Crippen MR) is 250 cm³/mol. The van der Waals surface area contributed by atoms with E-state index < -0.39 is 51.1 Å². The minimum atomic E-state index is -4.71. The Morgan fingerprint density at radius 2 is 0.721 bits per heavy atom. The molecule has 0 radical (unpaired) electrons. The van der Waals surface area contributed by atoms with Gasteiger partial charge in [-0.1, -0.05) is 239 Å². The fraction of sp³-hybridized carbons (Fsp3) is 0.939. The van der Waals surface area contributed by atoms with Gasteiger partial charge in [0, 0.05) is 12.8 Å². The Hall–Kier alpha value is -1.52. The van der Waals surface area contributed by atoms with Gasteiger partial charge in [0.2, 0.25) is 0 Å². The first kappa shape index (κ1) is 59.5. The summed E-state index contributed by atoms with van der Waals surface area (Å²) in [6.45, 7) is 2.87. The van der Waals surface area contributed by atoms with E-state index in [4.69, 9.17) is 24.8 Å². The minimum absolute atomic E-state index is 0.170. The van der Waals surface area contributed by atoms with Crippen LogP contribution in [0.25, 0.3) is 0 Å². The Morgan fingerprint density at radius 1 is 0.443 bits per heavy atom. The number of carbonyl (C=O) groups excluding carboxylic acids is 2. The molecule has 0 saturated carbocycles. The molecule has 1 unspecified atom stereocenters. The van der Waals surface area contributed by atoms with Crippen LogP contribution in [-0.4, -0.2) is 59.9 Å². The van der Waals surface area contributed by atoms with Crippen molar-refractivity contribution in [1.29, 1.82) is 0 Å². The normalized spacial score (nSPS) is 13.5. The summed E-state index contributed by atoms with van der Waals surface area (Å²) in [6.07, 6.45) is 45.9. The molecule has 11 nitrogen and oxygen atoms in total. The quantitative estimate of drug-likeness (QED) is 0.0301. The Labute approximate surface area is 374 Å². The summed E-state index contributed by atoms with van der Waals surface area (Å²) in [5, 5.41) is 8.91. The molecule has 3 atom stereocenters.